The number of rotatable bonds is 5. The van der Waals surface area contributed by atoms with Gasteiger partial charge in [0.2, 0.25) is 10.0 Å². The number of ether oxygens (including phenoxy) is 2. The largest absolute Gasteiger partial charge is 0.479 e. The average molecular weight is 344 g/mol. The molecule has 0 radical (unpaired) electrons. The summed E-state index contributed by atoms with van der Waals surface area (Å²) in [4.78, 5) is 10.0. The van der Waals surface area contributed by atoms with Crippen molar-refractivity contribution in [2.45, 2.75) is 10.9 Å². The molecule has 1 saturated heterocycles. The molecule has 0 saturated carbocycles. The Morgan fingerprint density at radius 2 is 2.30 bits per heavy atom. The predicted octanol–water partition coefficient (Wildman–Crippen LogP) is 0.202. The summed E-state index contributed by atoms with van der Waals surface area (Å²) < 4.78 is 49.6. The molecule has 8 nitrogen and oxygen atoms in total. The fourth-order valence-electron chi connectivity index (χ4n) is 2.01. The number of hydrogen-bond donors (Lipinski definition) is 1. The quantitative estimate of drug-likeness (QED) is 0.811. The number of sulfonamides is 1. The van der Waals surface area contributed by atoms with Crippen LogP contribution in [0.25, 0.3) is 0 Å². The van der Waals surface area contributed by atoms with Crippen LogP contribution in [0.15, 0.2) is 23.1 Å². The summed E-state index contributed by atoms with van der Waals surface area (Å²) in [6.07, 6.45) is 0. The number of aliphatic carboxylic acids is 1. The SMILES string of the molecule is N#CC1COCCN1S(=O)(=O)c1ccc(OCC(=O)O)c(F)c1. The Bertz CT molecular complexity index is 745. The van der Waals surface area contributed by atoms with E-state index in [0.29, 0.717) is 0 Å². The van der Waals surface area contributed by atoms with Gasteiger partial charge in [0.05, 0.1) is 24.2 Å². The van der Waals surface area contributed by atoms with Crippen LogP contribution in [-0.4, -0.2) is 56.2 Å². The van der Waals surface area contributed by atoms with Crippen molar-refractivity contribution >= 4 is 16.0 Å². The predicted molar refractivity (Wildman–Crippen MR) is 73.6 cm³/mol. The smallest absolute Gasteiger partial charge is 0.341 e. The molecule has 1 atom stereocenters. The van der Waals surface area contributed by atoms with E-state index in [2.05, 4.69) is 0 Å². The van der Waals surface area contributed by atoms with Crippen LogP contribution < -0.4 is 4.74 Å². The number of halogens is 1. The van der Waals surface area contributed by atoms with E-state index >= 15 is 0 Å². The van der Waals surface area contributed by atoms with E-state index in [1.807, 2.05) is 6.07 Å². The Kier molecular flexibility index (Phi) is 5.15. The molecule has 1 fully saturated rings. The summed E-state index contributed by atoms with van der Waals surface area (Å²) in [5.41, 5.74) is 0. The third kappa shape index (κ3) is 3.76. The first kappa shape index (κ1) is 17.1. The van der Waals surface area contributed by atoms with Gasteiger partial charge in [-0.2, -0.15) is 9.57 Å². The summed E-state index contributed by atoms with van der Waals surface area (Å²) in [6.45, 7) is -0.680. The van der Waals surface area contributed by atoms with Crippen molar-refractivity contribution in [1.82, 2.24) is 4.31 Å². The zero-order valence-electron chi connectivity index (χ0n) is 11.8. The molecule has 23 heavy (non-hydrogen) atoms. The van der Waals surface area contributed by atoms with Gasteiger partial charge in [0, 0.05) is 6.54 Å². The lowest BCUT2D eigenvalue weighted by molar-refractivity contribution is -0.139. The number of morpholine rings is 1. The van der Waals surface area contributed by atoms with Crippen LogP contribution >= 0.6 is 0 Å². The van der Waals surface area contributed by atoms with Crippen LogP contribution in [0.1, 0.15) is 0 Å². The lowest BCUT2D eigenvalue weighted by Crippen LogP contribution is -2.47. The van der Waals surface area contributed by atoms with Gasteiger partial charge in [-0.25, -0.2) is 17.6 Å². The van der Waals surface area contributed by atoms with Crippen LogP contribution in [0.2, 0.25) is 0 Å². The van der Waals surface area contributed by atoms with Crippen LogP contribution in [0.3, 0.4) is 0 Å². The number of carboxylic acid groups (broad SMARTS) is 1. The number of carboxylic acids is 1. The second-order valence-electron chi connectivity index (χ2n) is 4.61. The van der Waals surface area contributed by atoms with E-state index in [1.54, 1.807) is 0 Å². The highest BCUT2D eigenvalue weighted by atomic mass is 32.2. The van der Waals surface area contributed by atoms with Crippen molar-refractivity contribution in [3.8, 4) is 11.8 Å². The first-order valence-corrected chi connectivity index (χ1v) is 7.93. The van der Waals surface area contributed by atoms with Gasteiger partial charge in [-0.1, -0.05) is 0 Å². The number of hydrogen-bond acceptors (Lipinski definition) is 6. The summed E-state index contributed by atoms with van der Waals surface area (Å²) in [7, 11) is -4.07. The maximum absolute atomic E-state index is 13.9. The molecule has 0 aliphatic carbocycles. The van der Waals surface area contributed by atoms with E-state index in [9.17, 15) is 17.6 Å². The van der Waals surface area contributed by atoms with Crippen molar-refractivity contribution in [1.29, 1.82) is 5.26 Å². The first-order chi connectivity index (χ1) is 10.9. The molecule has 1 aromatic carbocycles. The molecule has 0 aromatic heterocycles. The Hall–Kier alpha value is -2.22. The van der Waals surface area contributed by atoms with Gasteiger partial charge in [0.15, 0.2) is 18.2 Å². The van der Waals surface area contributed by atoms with Gasteiger partial charge >= 0.3 is 5.97 Å². The van der Waals surface area contributed by atoms with E-state index in [4.69, 9.17) is 19.8 Å². The number of carbonyl (C=O) groups is 1. The zero-order valence-corrected chi connectivity index (χ0v) is 12.6. The minimum absolute atomic E-state index is 0.0144. The van der Waals surface area contributed by atoms with Crippen LogP contribution in [0, 0.1) is 17.1 Å². The molecule has 10 heteroatoms. The average Bonchev–Trinajstić information content (AvgIpc) is 2.53. The molecular formula is C13H13FN2O6S. The third-order valence-corrected chi connectivity index (χ3v) is 4.99. The Morgan fingerprint density at radius 1 is 1.57 bits per heavy atom. The van der Waals surface area contributed by atoms with Gasteiger partial charge in [-0.05, 0) is 18.2 Å². The maximum atomic E-state index is 13.9. The summed E-state index contributed by atoms with van der Waals surface area (Å²) in [5.74, 6) is -2.66. The van der Waals surface area contributed by atoms with Crippen molar-refractivity contribution < 1.29 is 32.2 Å². The summed E-state index contributed by atoms with van der Waals surface area (Å²) >= 11 is 0. The molecule has 0 amide bonds. The molecule has 0 bridgehead atoms. The fourth-order valence-corrected chi connectivity index (χ4v) is 3.53. The van der Waals surface area contributed by atoms with Crippen LogP contribution in [-0.2, 0) is 19.6 Å². The molecular weight excluding hydrogens is 331 g/mol. The molecule has 1 aliphatic heterocycles. The fraction of sp³-hybridized carbons (Fsp3) is 0.385. The van der Waals surface area contributed by atoms with E-state index in [0.717, 1.165) is 22.5 Å². The van der Waals surface area contributed by atoms with Gasteiger partial charge in [0.1, 0.15) is 6.04 Å². The Morgan fingerprint density at radius 3 is 2.91 bits per heavy atom. The zero-order chi connectivity index (χ0) is 17.0. The normalized spacial score (nSPS) is 19.0. The minimum atomic E-state index is -4.07. The second-order valence-corrected chi connectivity index (χ2v) is 6.50. The van der Waals surface area contributed by atoms with Crippen molar-refractivity contribution in [3.63, 3.8) is 0 Å². The number of benzene rings is 1. The summed E-state index contributed by atoms with van der Waals surface area (Å²) in [5, 5.41) is 17.5. The number of nitriles is 1. The lowest BCUT2D eigenvalue weighted by atomic mass is 10.3. The molecule has 2 rings (SSSR count). The van der Waals surface area contributed by atoms with Gasteiger partial charge in [-0.15, -0.1) is 0 Å². The van der Waals surface area contributed by atoms with Gasteiger partial charge < -0.3 is 14.6 Å². The highest BCUT2D eigenvalue weighted by molar-refractivity contribution is 7.89. The monoisotopic (exact) mass is 344 g/mol. The molecule has 1 unspecified atom stereocenters. The van der Waals surface area contributed by atoms with E-state index < -0.39 is 34.5 Å². The highest BCUT2D eigenvalue weighted by Gasteiger charge is 2.34. The number of nitrogens with zero attached hydrogens (tertiary/aromatic N) is 2. The van der Waals surface area contributed by atoms with Crippen molar-refractivity contribution in [3.05, 3.63) is 24.0 Å². The highest BCUT2D eigenvalue weighted by Crippen LogP contribution is 2.25. The van der Waals surface area contributed by atoms with Crippen LogP contribution in [0.5, 0.6) is 5.75 Å². The molecule has 124 valence electrons. The van der Waals surface area contributed by atoms with Crippen LogP contribution in [0.4, 0.5) is 4.39 Å². The van der Waals surface area contributed by atoms with Gasteiger partial charge in [-0.3, -0.25) is 0 Å². The van der Waals surface area contributed by atoms with E-state index in [-0.39, 0.29) is 30.4 Å². The molecule has 1 heterocycles. The van der Waals surface area contributed by atoms with Gasteiger partial charge in [0.25, 0.3) is 0 Å². The topological polar surface area (TPSA) is 117 Å². The summed E-state index contributed by atoms with van der Waals surface area (Å²) in [6, 6.07) is 3.70. The molecule has 1 N–H and O–H groups in total. The second kappa shape index (κ2) is 6.91. The van der Waals surface area contributed by atoms with Crippen molar-refractivity contribution in [2.75, 3.05) is 26.4 Å². The standard InChI is InChI=1S/C13H13FN2O6S/c14-11-5-10(1-2-12(11)22-8-13(17)18)23(19,20)16-3-4-21-7-9(16)6-15/h1-2,5,9H,3-4,7-8H2,(H,17,18). The van der Waals surface area contributed by atoms with Crippen molar-refractivity contribution in [2.24, 2.45) is 0 Å². The Labute approximate surface area is 131 Å². The molecule has 1 aliphatic rings. The third-order valence-electron chi connectivity index (χ3n) is 3.09. The Balaban J connectivity index is 2.28. The first-order valence-electron chi connectivity index (χ1n) is 6.49. The molecule has 1 aromatic rings. The van der Waals surface area contributed by atoms with E-state index in [1.165, 1.54) is 0 Å². The maximum Gasteiger partial charge on any atom is 0.341 e. The molecule has 0 spiro atoms. The minimum Gasteiger partial charge on any atom is -0.479 e. The lowest BCUT2D eigenvalue weighted by Gasteiger charge is -2.30.